The first kappa shape index (κ1) is 43.8. The Morgan fingerprint density at radius 1 is 0.950 bits per heavy atom. The molecule has 0 radical (unpaired) electrons. The van der Waals surface area contributed by atoms with Crippen LogP contribution < -0.4 is 16.0 Å². The Bertz CT molecular complexity index is 781. The molecule has 7 nitrogen and oxygen atoms in total. The van der Waals surface area contributed by atoms with Crippen molar-refractivity contribution in [1.29, 1.82) is 0 Å². The molecule has 0 unspecified atom stereocenters. The molecular formula is C33H59N3O4. The highest BCUT2D eigenvalue weighted by molar-refractivity contribution is 5.74. The van der Waals surface area contributed by atoms with E-state index >= 15 is 0 Å². The fourth-order valence-corrected chi connectivity index (χ4v) is 3.55. The van der Waals surface area contributed by atoms with Crippen LogP contribution >= 0.6 is 0 Å². The second-order valence-corrected chi connectivity index (χ2v) is 9.25. The molecule has 0 saturated heterocycles. The van der Waals surface area contributed by atoms with Crippen molar-refractivity contribution in [3.05, 3.63) is 58.8 Å². The van der Waals surface area contributed by atoms with Crippen molar-refractivity contribution in [2.24, 2.45) is 5.92 Å². The second-order valence-electron chi connectivity index (χ2n) is 9.25. The number of benzene rings is 1. The van der Waals surface area contributed by atoms with Gasteiger partial charge in [0.2, 0.25) is 0 Å². The molecule has 7 heteroatoms. The number of amides is 2. The van der Waals surface area contributed by atoms with Gasteiger partial charge in [-0.25, -0.2) is 4.79 Å². The number of nitrogens with one attached hydrogen (secondary N) is 3. The van der Waals surface area contributed by atoms with Crippen LogP contribution in [0.2, 0.25) is 0 Å². The van der Waals surface area contributed by atoms with Crippen LogP contribution in [0.4, 0.5) is 4.79 Å². The van der Waals surface area contributed by atoms with Gasteiger partial charge in [0.25, 0.3) is 0 Å². The highest BCUT2D eigenvalue weighted by Crippen LogP contribution is 2.23. The van der Waals surface area contributed by atoms with Crippen LogP contribution in [-0.4, -0.2) is 45.5 Å². The van der Waals surface area contributed by atoms with Gasteiger partial charge in [0, 0.05) is 25.3 Å². The summed E-state index contributed by atoms with van der Waals surface area (Å²) in [5.41, 5.74) is 5.90. The standard InChI is InChI=1S/C12H17N.C9H18N2O.C8H14O.C2H6.2CH2O/c1-10(2)13-9-8-12-6-4-11(3)5-7-12;1-7-3-5-8(6-4-7)11-9(12)10-2;1-4-7(3)8(5-2)6-9;3*1-2/h4-7,13H,1,8-9H2,2-3H3;7-8H,3-6H2,1-2H3,(H2,10,11,12);6H,4-5H2,1-3H3;1-2H3;2*1H2/b;;8-7-;;;. The molecule has 0 spiro atoms. The zero-order valence-corrected chi connectivity index (χ0v) is 27.0. The molecular weight excluding hydrogens is 502 g/mol. The normalized spacial score (nSPS) is 15.2. The molecule has 40 heavy (non-hydrogen) atoms. The Labute approximate surface area is 245 Å². The van der Waals surface area contributed by atoms with Gasteiger partial charge in [0.1, 0.15) is 19.9 Å². The molecule has 1 saturated carbocycles. The van der Waals surface area contributed by atoms with Gasteiger partial charge >= 0.3 is 6.03 Å². The Balaban J connectivity index is -0.000000224. The van der Waals surface area contributed by atoms with E-state index in [1.54, 1.807) is 7.05 Å². The summed E-state index contributed by atoms with van der Waals surface area (Å²) in [7, 11) is 1.65. The highest BCUT2D eigenvalue weighted by Gasteiger charge is 2.18. The second kappa shape index (κ2) is 32.0. The SMILES string of the molecule is C=C(C)NCCc1ccc(C)cc1.C=O.C=O.CC.CC/C(C)=C(\C=O)CC.CNC(=O)NC1CCC(C)CC1. The van der Waals surface area contributed by atoms with E-state index in [1.165, 1.54) is 29.5 Å². The van der Waals surface area contributed by atoms with E-state index < -0.39 is 0 Å². The van der Waals surface area contributed by atoms with Crippen LogP contribution in [0.25, 0.3) is 0 Å². The summed E-state index contributed by atoms with van der Waals surface area (Å²) in [4.78, 5) is 37.2. The lowest BCUT2D eigenvalue weighted by molar-refractivity contribution is -0.105. The summed E-state index contributed by atoms with van der Waals surface area (Å²) in [6.45, 7) is 25.2. The van der Waals surface area contributed by atoms with Gasteiger partial charge in [-0.15, -0.1) is 0 Å². The number of carbonyl (C=O) groups is 4. The van der Waals surface area contributed by atoms with Crippen LogP contribution in [0.3, 0.4) is 0 Å². The average molecular weight is 562 g/mol. The van der Waals surface area contributed by atoms with E-state index in [0.29, 0.717) is 6.04 Å². The van der Waals surface area contributed by atoms with E-state index in [4.69, 9.17) is 9.59 Å². The molecule has 0 atom stereocenters. The first-order valence-corrected chi connectivity index (χ1v) is 14.3. The molecule has 0 aromatic heterocycles. The van der Waals surface area contributed by atoms with Gasteiger partial charge in [-0.2, -0.15) is 0 Å². The van der Waals surface area contributed by atoms with E-state index in [0.717, 1.165) is 62.1 Å². The third-order valence-electron chi connectivity index (χ3n) is 6.14. The molecule has 230 valence electrons. The molecule has 2 amide bonds. The maximum absolute atomic E-state index is 10.9. The van der Waals surface area contributed by atoms with Gasteiger partial charge in [0.05, 0.1) is 0 Å². The zero-order chi connectivity index (χ0) is 31.9. The van der Waals surface area contributed by atoms with Crippen LogP contribution in [0.1, 0.15) is 98.1 Å². The van der Waals surface area contributed by atoms with Gasteiger partial charge in [-0.3, -0.25) is 4.79 Å². The van der Waals surface area contributed by atoms with Gasteiger partial charge in [-0.1, -0.05) is 76.6 Å². The predicted octanol–water partition coefficient (Wildman–Crippen LogP) is 7.13. The van der Waals surface area contributed by atoms with Crippen molar-refractivity contribution < 1.29 is 19.2 Å². The quantitative estimate of drug-likeness (QED) is 0.231. The van der Waals surface area contributed by atoms with E-state index in [2.05, 4.69) is 67.6 Å². The number of allylic oxidation sites excluding steroid dienone is 3. The lowest BCUT2D eigenvalue weighted by atomic mass is 9.87. The monoisotopic (exact) mass is 561 g/mol. The largest absolute Gasteiger partial charge is 0.389 e. The number of aryl methyl sites for hydroxylation is 1. The van der Waals surface area contributed by atoms with E-state index in [9.17, 15) is 9.59 Å². The van der Waals surface area contributed by atoms with Gasteiger partial charge < -0.3 is 25.5 Å². The number of carbonyl (C=O) groups excluding carboxylic acids is 4. The predicted molar refractivity (Wildman–Crippen MR) is 172 cm³/mol. The topological polar surface area (TPSA) is 104 Å². The molecule has 0 aliphatic heterocycles. The lowest BCUT2D eigenvalue weighted by Crippen LogP contribution is -2.42. The number of hydrogen-bond donors (Lipinski definition) is 3. The lowest BCUT2D eigenvalue weighted by Gasteiger charge is -2.26. The van der Waals surface area contributed by atoms with Gasteiger partial charge in [-0.05, 0) is 82.8 Å². The minimum absolute atomic E-state index is 0.0467. The number of rotatable bonds is 8. The van der Waals surface area contributed by atoms with Crippen molar-refractivity contribution >= 4 is 25.9 Å². The van der Waals surface area contributed by atoms with Crippen LogP contribution in [0, 0.1) is 12.8 Å². The van der Waals surface area contributed by atoms with Crippen LogP contribution in [0.5, 0.6) is 0 Å². The van der Waals surface area contributed by atoms with Crippen molar-refractivity contribution in [2.75, 3.05) is 13.6 Å². The molecule has 1 aliphatic rings. The fraction of sp³-hybridized carbons (Fsp3) is 0.576. The maximum atomic E-state index is 10.9. The minimum atomic E-state index is -0.0467. The minimum Gasteiger partial charge on any atom is -0.389 e. The molecule has 3 N–H and O–H groups in total. The third-order valence-corrected chi connectivity index (χ3v) is 6.14. The summed E-state index contributed by atoms with van der Waals surface area (Å²) in [6.07, 6.45) is 8.63. The number of hydrogen-bond acceptors (Lipinski definition) is 5. The summed E-state index contributed by atoms with van der Waals surface area (Å²) < 4.78 is 0. The summed E-state index contributed by atoms with van der Waals surface area (Å²) >= 11 is 0. The molecule has 2 rings (SSSR count). The highest BCUT2D eigenvalue weighted by atomic mass is 16.2. The zero-order valence-electron chi connectivity index (χ0n) is 27.0. The fourth-order valence-electron chi connectivity index (χ4n) is 3.55. The summed E-state index contributed by atoms with van der Waals surface area (Å²) in [5, 5.41) is 8.73. The first-order valence-electron chi connectivity index (χ1n) is 14.3. The smallest absolute Gasteiger partial charge is 0.314 e. The van der Waals surface area contributed by atoms with Crippen molar-refractivity contribution in [2.45, 2.75) is 106 Å². The van der Waals surface area contributed by atoms with Gasteiger partial charge in [0.15, 0.2) is 0 Å². The molecule has 1 aromatic rings. The summed E-state index contributed by atoms with van der Waals surface area (Å²) in [5.74, 6) is 0.840. The van der Waals surface area contributed by atoms with E-state index in [-0.39, 0.29) is 6.03 Å². The Kier molecular flexibility index (Phi) is 35.1. The number of aldehydes is 1. The molecule has 0 heterocycles. The maximum Gasteiger partial charge on any atom is 0.314 e. The molecule has 1 aliphatic carbocycles. The van der Waals surface area contributed by atoms with Crippen LogP contribution in [-0.2, 0) is 20.8 Å². The molecule has 1 fully saturated rings. The van der Waals surface area contributed by atoms with Crippen molar-refractivity contribution in [3.8, 4) is 0 Å². The van der Waals surface area contributed by atoms with Crippen molar-refractivity contribution in [3.63, 3.8) is 0 Å². The Hall–Kier alpha value is -3.22. The molecule has 1 aromatic carbocycles. The third kappa shape index (κ3) is 26.4. The van der Waals surface area contributed by atoms with Crippen molar-refractivity contribution in [1.82, 2.24) is 16.0 Å². The number of urea groups is 1. The Morgan fingerprint density at radius 3 is 1.80 bits per heavy atom. The summed E-state index contributed by atoms with van der Waals surface area (Å²) in [6, 6.07) is 9.01. The molecule has 0 bridgehead atoms. The first-order chi connectivity index (χ1) is 19.2. The van der Waals surface area contributed by atoms with E-state index in [1.807, 2.05) is 48.2 Å². The average Bonchev–Trinajstić information content (AvgIpc) is 2.99. The Morgan fingerprint density at radius 2 is 1.45 bits per heavy atom. The van der Waals surface area contributed by atoms with Crippen LogP contribution in [0.15, 0.2) is 47.7 Å².